The summed E-state index contributed by atoms with van der Waals surface area (Å²) in [7, 11) is 1.62. The number of fused-ring (bicyclic) bond motifs is 1. The second-order valence-electron chi connectivity index (χ2n) is 8.37. The fourth-order valence-corrected chi connectivity index (χ4v) is 4.27. The summed E-state index contributed by atoms with van der Waals surface area (Å²) in [5.74, 6) is -0.449. The van der Waals surface area contributed by atoms with Crippen LogP contribution in [0.1, 0.15) is 35.3 Å². The number of carbonyl (C=O) groups is 3. The van der Waals surface area contributed by atoms with Crippen LogP contribution in [0.2, 0.25) is 0 Å². The summed E-state index contributed by atoms with van der Waals surface area (Å²) in [6.07, 6.45) is 0.331. The number of hydrogen-bond donors (Lipinski definition) is 2. The van der Waals surface area contributed by atoms with Gasteiger partial charge in [0.05, 0.1) is 16.5 Å². The summed E-state index contributed by atoms with van der Waals surface area (Å²) in [5, 5.41) is 23.7. The van der Waals surface area contributed by atoms with Gasteiger partial charge in [0.25, 0.3) is 11.6 Å². The number of carboxylic acid groups (broad SMARTS) is 1. The van der Waals surface area contributed by atoms with E-state index < -0.39 is 23.0 Å². The van der Waals surface area contributed by atoms with Crippen LogP contribution in [0.15, 0.2) is 53.7 Å². The average molecular weight is 496 g/mol. The predicted molar refractivity (Wildman–Crippen MR) is 126 cm³/mol. The number of nitro groups is 1. The first kappa shape index (κ1) is 24.5. The number of rotatable bonds is 8. The summed E-state index contributed by atoms with van der Waals surface area (Å²) in [6.45, 7) is 1.94. The summed E-state index contributed by atoms with van der Waals surface area (Å²) in [6, 6.07) is 8.89. The highest BCUT2D eigenvalue weighted by atomic mass is 16.7. The lowest BCUT2D eigenvalue weighted by molar-refractivity contribution is -0.384. The molecule has 0 radical (unpaired) electrons. The van der Waals surface area contributed by atoms with Crippen LogP contribution in [0.3, 0.4) is 0 Å². The van der Waals surface area contributed by atoms with E-state index in [1.54, 1.807) is 31.3 Å². The van der Waals surface area contributed by atoms with Gasteiger partial charge in [0, 0.05) is 43.5 Å². The number of hydrogen-bond acceptors (Lipinski definition) is 7. The predicted octanol–water partition coefficient (Wildman–Crippen LogP) is 2.91. The first-order valence-corrected chi connectivity index (χ1v) is 11.1. The smallest absolute Gasteiger partial charge is 0.335 e. The van der Waals surface area contributed by atoms with Crippen molar-refractivity contribution in [3.63, 3.8) is 0 Å². The van der Waals surface area contributed by atoms with Gasteiger partial charge < -0.3 is 29.7 Å². The number of allylic oxidation sites excluding steroid dienone is 1. The van der Waals surface area contributed by atoms with Gasteiger partial charge in [-0.1, -0.05) is 12.1 Å². The second kappa shape index (κ2) is 9.94. The van der Waals surface area contributed by atoms with E-state index >= 15 is 0 Å². The molecule has 0 saturated carbocycles. The Labute approximate surface area is 205 Å². The molecular weight excluding hydrogens is 472 g/mol. The second-order valence-corrected chi connectivity index (χ2v) is 8.37. The standard InChI is InChI=1S/C24H24N4O8/c1-14-20(23(30)31)21(15-5-3-6-17(11-15)28(33)34)27(24(32)25-14)10-4-9-26(2)22(29)16-7-8-18-19(12-16)36-13-35-18/h3,5-8,11-12,21H,4,9-10,13H2,1-2H3,(H,25,32)(H,30,31). The number of aliphatic carboxylic acids is 1. The number of amides is 3. The number of nitrogens with one attached hydrogen (secondary N) is 1. The van der Waals surface area contributed by atoms with Gasteiger partial charge in [-0.2, -0.15) is 0 Å². The van der Waals surface area contributed by atoms with Gasteiger partial charge in [0.15, 0.2) is 11.5 Å². The minimum Gasteiger partial charge on any atom is -0.478 e. The van der Waals surface area contributed by atoms with E-state index in [0.29, 0.717) is 29.0 Å². The minimum atomic E-state index is -1.25. The molecule has 2 aliphatic rings. The molecule has 0 aliphatic carbocycles. The van der Waals surface area contributed by atoms with Crippen LogP contribution in [0.4, 0.5) is 10.5 Å². The molecular formula is C24H24N4O8. The Kier molecular flexibility index (Phi) is 6.77. The molecule has 2 N–H and O–H groups in total. The van der Waals surface area contributed by atoms with Crippen molar-refractivity contribution >= 4 is 23.6 Å². The van der Waals surface area contributed by atoms with Crippen molar-refractivity contribution in [1.82, 2.24) is 15.1 Å². The van der Waals surface area contributed by atoms with Gasteiger partial charge in [-0.05, 0) is 37.1 Å². The lowest BCUT2D eigenvalue weighted by Crippen LogP contribution is -2.49. The summed E-state index contributed by atoms with van der Waals surface area (Å²) < 4.78 is 10.6. The zero-order chi connectivity index (χ0) is 26.0. The molecule has 12 heteroatoms. The molecule has 1 unspecified atom stereocenters. The first-order valence-electron chi connectivity index (χ1n) is 11.1. The molecule has 3 amide bonds. The van der Waals surface area contributed by atoms with E-state index in [1.807, 2.05) is 0 Å². The highest BCUT2D eigenvalue weighted by Crippen LogP contribution is 2.35. The van der Waals surface area contributed by atoms with Crippen molar-refractivity contribution in [3.8, 4) is 11.5 Å². The normalized spacial score (nSPS) is 16.6. The van der Waals surface area contributed by atoms with E-state index in [0.717, 1.165) is 0 Å². The molecule has 0 fully saturated rings. The maximum absolute atomic E-state index is 12.9. The Morgan fingerprint density at radius 2 is 1.97 bits per heavy atom. The van der Waals surface area contributed by atoms with Crippen LogP contribution in [0, 0.1) is 10.1 Å². The van der Waals surface area contributed by atoms with Crippen molar-refractivity contribution < 1.29 is 33.9 Å². The number of carboxylic acids is 1. The number of nitro benzene ring substituents is 1. The largest absolute Gasteiger partial charge is 0.478 e. The molecule has 2 heterocycles. The Balaban J connectivity index is 1.51. The molecule has 4 rings (SSSR count). The van der Waals surface area contributed by atoms with Crippen LogP contribution in [0.5, 0.6) is 11.5 Å². The van der Waals surface area contributed by atoms with Gasteiger partial charge in [-0.15, -0.1) is 0 Å². The monoisotopic (exact) mass is 496 g/mol. The highest BCUT2D eigenvalue weighted by molar-refractivity contribution is 5.95. The number of ether oxygens (including phenoxy) is 2. The quantitative estimate of drug-likeness (QED) is 0.418. The van der Waals surface area contributed by atoms with Crippen molar-refractivity contribution in [3.05, 3.63) is 75.0 Å². The summed E-state index contributed by atoms with van der Waals surface area (Å²) in [4.78, 5) is 51.3. The molecule has 36 heavy (non-hydrogen) atoms. The molecule has 0 bridgehead atoms. The average Bonchev–Trinajstić information content (AvgIpc) is 3.32. The molecule has 2 aliphatic heterocycles. The Hall–Kier alpha value is -4.61. The van der Waals surface area contributed by atoms with Crippen LogP contribution in [0.25, 0.3) is 0 Å². The van der Waals surface area contributed by atoms with E-state index in [9.17, 15) is 29.6 Å². The third-order valence-electron chi connectivity index (χ3n) is 6.03. The molecule has 12 nitrogen and oxygen atoms in total. The fourth-order valence-electron chi connectivity index (χ4n) is 4.27. The van der Waals surface area contributed by atoms with Gasteiger partial charge >= 0.3 is 12.0 Å². The topological polar surface area (TPSA) is 152 Å². The van der Waals surface area contributed by atoms with E-state index in [1.165, 1.54) is 34.9 Å². The molecule has 0 aromatic heterocycles. The van der Waals surface area contributed by atoms with E-state index in [4.69, 9.17) is 9.47 Å². The summed E-state index contributed by atoms with van der Waals surface area (Å²) in [5.41, 5.74) is 0.587. The Morgan fingerprint density at radius 1 is 1.22 bits per heavy atom. The molecule has 2 aromatic rings. The van der Waals surface area contributed by atoms with Crippen molar-refractivity contribution in [2.45, 2.75) is 19.4 Å². The van der Waals surface area contributed by atoms with E-state index in [2.05, 4.69) is 5.32 Å². The lowest BCUT2D eigenvalue weighted by atomic mass is 9.93. The molecule has 1 atom stereocenters. The van der Waals surface area contributed by atoms with Crippen LogP contribution < -0.4 is 14.8 Å². The Bertz CT molecular complexity index is 1270. The third-order valence-corrected chi connectivity index (χ3v) is 6.03. The maximum Gasteiger partial charge on any atom is 0.335 e. The highest BCUT2D eigenvalue weighted by Gasteiger charge is 2.38. The van der Waals surface area contributed by atoms with Crippen LogP contribution in [-0.4, -0.2) is 64.7 Å². The van der Waals surface area contributed by atoms with Gasteiger partial charge in [-0.3, -0.25) is 14.9 Å². The zero-order valence-electron chi connectivity index (χ0n) is 19.6. The maximum atomic E-state index is 12.9. The van der Waals surface area contributed by atoms with Gasteiger partial charge in [0.2, 0.25) is 6.79 Å². The Morgan fingerprint density at radius 3 is 2.69 bits per heavy atom. The van der Waals surface area contributed by atoms with Crippen LogP contribution in [-0.2, 0) is 4.79 Å². The van der Waals surface area contributed by atoms with Gasteiger partial charge in [-0.25, -0.2) is 9.59 Å². The number of non-ortho nitro benzene ring substituents is 1. The lowest BCUT2D eigenvalue weighted by Gasteiger charge is -2.37. The van der Waals surface area contributed by atoms with Crippen LogP contribution >= 0.6 is 0 Å². The number of nitrogens with zero attached hydrogens (tertiary/aromatic N) is 3. The van der Waals surface area contributed by atoms with Crippen molar-refractivity contribution in [2.24, 2.45) is 0 Å². The summed E-state index contributed by atoms with van der Waals surface area (Å²) >= 11 is 0. The minimum absolute atomic E-state index is 0.0834. The molecule has 0 saturated heterocycles. The molecule has 188 valence electrons. The SMILES string of the molecule is CC1=C(C(=O)O)C(c2cccc([N+](=O)[O-])c2)N(CCCN(C)C(=O)c2ccc3c(c2)OCO3)C(=O)N1. The third kappa shape index (κ3) is 4.78. The number of benzene rings is 2. The van der Waals surface area contributed by atoms with Crippen molar-refractivity contribution in [1.29, 1.82) is 0 Å². The fraction of sp³-hybridized carbons (Fsp3) is 0.292. The van der Waals surface area contributed by atoms with Gasteiger partial charge in [0.1, 0.15) is 0 Å². The molecule has 2 aromatic carbocycles. The molecule has 0 spiro atoms. The number of carbonyl (C=O) groups excluding carboxylic acids is 2. The van der Waals surface area contributed by atoms with E-state index in [-0.39, 0.29) is 42.7 Å². The van der Waals surface area contributed by atoms with Crippen molar-refractivity contribution in [2.75, 3.05) is 26.9 Å². The number of urea groups is 1. The first-order chi connectivity index (χ1) is 17.2. The zero-order valence-corrected chi connectivity index (χ0v) is 19.6.